The van der Waals surface area contributed by atoms with E-state index in [2.05, 4.69) is 47.2 Å². The van der Waals surface area contributed by atoms with Crippen LogP contribution in [-0.2, 0) is 57.0 Å². The molecule has 0 aliphatic carbocycles. The van der Waals surface area contributed by atoms with Gasteiger partial charge in [0.1, 0.15) is 39.8 Å². The molecule has 13 heterocycles. The first-order valence-corrected chi connectivity index (χ1v) is 48.5. The van der Waals surface area contributed by atoms with E-state index < -0.39 is 28.9 Å². The number of benzene rings is 5. The van der Waals surface area contributed by atoms with Gasteiger partial charge in [0.15, 0.2) is 22.7 Å². The molecule has 13 fully saturated rings. The summed E-state index contributed by atoms with van der Waals surface area (Å²) >= 11 is 0. The number of piperidine rings is 8. The summed E-state index contributed by atoms with van der Waals surface area (Å²) in [7, 11) is 0. The number of rotatable bonds is 15. The number of nitrogen functional groups attached to an aromatic ring is 1. The van der Waals surface area contributed by atoms with Gasteiger partial charge in [0, 0.05) is 209 Å². The van der Waals surface area contributed by atoms with E-state index >= 15 is 0 Å². The number of anilines is 5. The number of Topliss-reactive ketones (excluding diaryl/α,β-unsaturated/α-hetero) is 2. The number of amidine groups is 1. The van der Waals surface area contributed by atoms with E-state index in [-0.39, 0.29) is 77.6 Å². The van der Waals surface area contributed by atoms with Gasteiger partial charge < -0.3 is 99.0 Å². The summed E-state index contributed by atoms with van der Waals surface area (Å²) in [5.74, 6) is -0.233. The maximum atomic E-state index is 12.3. The molecular weight excluding hydrogens is 1830 g/mol. The fourth-order valence-electron chi connectivity index (χ4n) is 18.0. The molecule has 0 bridgehead atoms. The molecule has 5 spiro atoms. The molecule has 41 heteroatoms. The number of carbonyl (C=O) groups excluding carboxylic acids is 10. The first-order chi connectivity index (χ1) is 68.3. The highest BCUT2D eigenvalue weighted by Crippen LogP contribution is 2.42. The number of aliphatic carboxylic acids is 1. The average molecular weight is 1960 g/mol. The first-order valence-electron chi connectivity index (χ1n) is 48.5. The van der Waals surface area contributed by atoms with Gasteiger partial charge >= 0.3 is 54.7 Å². The molecule has 0 aromatic heterocycles. The van der Waals surface area contributed by atoms with Crippen LogP contribution in [0.1, 0.15) is 143 Å². The maximum Gasteiger partial charge on any atom is 0.415 e. The largest absolute Gasteiger partial charge is 0.480 e. The van der Waals surface area contributed by atoms with Gasteiger partial charge in [-0.05, 0) is 146 Å². The molecule has 0 atom stereocenters. The predicted octanol–water partition coefficient (Wildman–Crippen LogP) is 13.8. The third kappa shape index (κ3) is 30.8. The molecule has 762 valence electrons. The van der Waals surface area contributed by atoms with Crippen LogP contribution < -0.4 is 41.3 Å². The van der Waals surface area contributed by atoms with Crippen molar-refractivity contribution in [1.29, 1.82) is 5.41 Å². The third-order valence-electron chi connectivity index (χ3n) is 26.9. The Bertz CT molecular complexity index is 5290. The van der Waals surface area contributed by atoms with Crippen LogP contribution in [0, 0.1) is 31.7 Å². The Labute approximate surface area is 828 Å². The van der Waals surface area contributed by atoms with Gasteiger partial charge in [-0.3, -0.25) is 44.3 Å². The second kappa shape index (κ2) is 51.5. The number of aliphatic hydroxyl groups is 1. The quantitative estimate of drug-likeness (QED) is 0.0168. The number of carboxylic acid groups (broad SMARTS) is 1. The van der Waals surface area contributed by atoms with Gasteiger partial charge in [0.2, 0.25) is 0 Å². The Morgan fingerprint density at radius 2 is 0.690 bits per heavy atom. The number of nitrogens with two attached hydrogens (primary N) is 1. The highest BCUT2D eigenvalue weighted by Gasteiger charge is 2.53. The lowest BCUT2D eigenvalue weighted by molar-refractivity contribution is -0.139. The molecule has 5 aromatic carbocycles. The Morgan fingerprint density at radius 1 is 0.401 bits per heavy atom. The Morgan fingerprint density at radius 3 is 0.993 bits per heavy atom. The second-order valence-electron chi connectivity index (χ2n) is 36.5. The summed E-state index contributed by atoms with van der Waals surface area (Å²) in [5.41, 5.74) is 9.75. The monoisotopic (exact) mass is 1960 g/mol. The molecule has 13 aliphatic heterocycles. The van der Waals surface area contributed by atoms with Gasteiger partial charge in [0.25, 0.3) is 0 Å². The highest BCUT2D eigenvalue weighted by atomic mass is 16.6. The number of likely N-dealkylation sites (tertiary alicyclic amines) is 6. The Kier molecular flexibility index (Phi) is 39.3. The fraction of sp³-hybridized carbons (Fsp3) is 0.545. The number of ether oxygens (including phenoxy) is 9. The second-order valence-corrected chi connectivity index (χ2v) is 36.5. The van der Waals surface area contributed by atoms with E-state index in [9.17, 15) is 57.8 Å². The molecule has 0 radical (unpaired) electrons. The predicted molar refractivity (Wildman–Crippen MR) is 527 cm³/mol. The summed E-state index contributed by atoms with van der Waals surface area (Å²) in [5, 5.41) is 36.4. The smallest absolute Gasteiger partial charge is 0.415 e. The van der Waals surface area contributed by atoms with E-state index in [1.807, 2.05) is 36.1 Å². The Hall–Kier alpha value is -13.9. The van der Waals surface area contributed by atoms with Crippen molar-refractivity contribution in [3.05, 3.63) is 173 Å². The first kappa shape index (κ1) is 108. The van der Waals surface area contributed by atoms with Crippen LogP contribution in [0.4, 0.5) is 89.5 Å². The molecule has 8 N–H and O–H groups in total. The summed E-state index contributed by atoms with van der Waals surface area (Å²) < 4.78 is 47.6. The minimum atomic E-state index is -0.846. The maximum absolute atomic E-state index is 12.3. The van der Waals surface area contributed by atoms with Gasteiger partial charge in [-0.15, -0.1) is 0 Å². The van der Waals surface area contributed by atoms with Gasteiger partial charge in [-0.1, -0.05) is 55.5 Å². The van der Waals surface area contributed by atoms with Crippen LogP contribution in [0.2, 0.25) is 0 Å². The van der Waals surface area contributed by atoms with Crippen molar-refractivity contribution < 1.29 is 106 Å². The van der Waals surface area contributed by atoms with E-state index in [0.717, 1.165) is 140 Å². The van der Waals surface area contributed by atoms with Crippen LogP contribution in [0.3, 0.4) is 0 Å². The fourth-order valence-corrected chi connectivity index (χ4v) is 18.0. The number of amides is 8. The topological polar surface area (TPSA) is 450 Å². The van der Waals surface area contributed by atoms with Crippen molar-refractivity contribution in [3.8, 4) is 0 Å². The van der Waals surface area contributed by atoms with Gasteiger partial charge in [-0.2, -0.15) is 0 Å². The number of carbonyl (C=O) groups is 11. The van der Waals surface area contributed by atoms with Crippen LogP contribution >= 0.6 is 0 Å². The minimum Gasteiger partial charge on any atom is -0.480 e. The van der Waals surface area contributed by atoms with Crippen molar-refractivity contribution in [2.75, 3.05) is 208 Å². The number of carboxylic acids is 1. The zero-order valence-electron chi connectivity index (χ0n) is 81.6. The number of hydrogen-bond donors (Lipinski definition) is 7. The van der Waals surface area contributed by atoms with Crippen molar-refractivity contribution >= 4 is 123 Å². The lowest BCUT2D eigenvalue weighted by Crippen LogP contribution is -2.50. The molecule has 41 nitrogen and oxygen atoms in total. The molecule has 0 unspecified atom stereocenters. The molecule has 5 aromatic rings. The normalized spacial score (nSPS) is 20.1. The summed E-state index contributed by atoms with van der Waals surface area (Å²) in [6, 6.07) is 35.0. The lowest BCUT2D eigenvalue weighted by Gasteiger charge is -2.37. The van der Waals surface area contributed by atoms with Crippen molar-refractivity contribution in [1.82, 2.24) is 40.0 Å². The van der Waals surface area contributed by atoms with Crippen molar-refractivity contribution in [2.24, 2.45) is 5.73 Å². The summed E-state index contributed by atoms with van der Waals surface area (Å²) in [6.07, 6.45) is 8.85. The number of nitrogens with one attached hydrogen (secondary N) is 4. The van der Waals surface area contributed by atoms with Crippen LogP contribution in [0.25, 0.3) is 19.4 Å². The number of hydrogen-bond acceptors (Lipinski definition) is 27. The van der Waals surface area contributed by atoms with Crippen molar-refractivity contribution in [2.45, 2.75) is 171 Å². The SMILES string of the molecule is CCOC(=O)N1CCC(=O)CC1.CCOC(=O)N1CCC2(CC1)CO2.N=C(N)c1ccc(N2CC3(CCN(CC(=O)O)CC3)OC2=O)cc1.O=C1CCNCC1.[C-]#[N+]c1ccc(N2CC3(CCN(C(=O)OCC)CC3)OC2=O)cc1.[C-]#[N+]c1ccc(N2CC3(CCN(CC)CC3)OC2=O)cc1.[C-]#[N+]c1ccc(N2CC3(CCNCC3)OC2=O)cc1.[C-]#[N+]c1ccc(NCC2(O)CCN(C(=O)OCC)CC2)cc1. The van der Waals surface area contributed by atoms with Gasteiger partial charge in [0.05, 0.1) is 103 Å². The molecule has 18 rings (SSSR count). The van der Waals surface area contributed by atoms with Gasteiger partial charge in [-0.25, -0.2) is 57.7 Å². The van der Waals surface area contributed by atoms with Crippen LogP contribution in [0.15, 0.2) is 121 Å². The summed E-state index contributed by atoms with van der Waals surface area (Å²) in [4.78, 5) is 157. The molecule has 13 saturated heterocycles. The third-order valence-corrected chi connectivity index (χ3v) is 26.9. The van der Waals surface area contributed by atoms with E-state index in [0.29, 0.717) is 203 Å². The van der Waals surface area contributed by atoms with Crippen LogP contribution in [0.5, 0.6) is 0 Å². The molecule has 0 saturated carbocycles. The van der Waals surface area contributed by atoms with Crippen LogP contribution in [-0.4, -0.2) is 329 Å². The molecule has 8 amide bonds. The Balaban J connectivity index is 0.000000158. The zero-order valence-corrected chi connectivity index (χ0v) is 81.6. The van der Waals surface area contributed by atoms with E-state index in [1.54, 1.807) is 157 Å². The van der Waals surface area contributed by atoms with Crippen molar-refractivity contribution in [3.63, 3.8) is 0 Å². The number of epoxide rings is 1. The standard InChI is InChI=1S/C17H19N3O4.C16H20N4O4.C16H21N3O3.C16H19N3O2.C14H15N3O2.C9H15NO3.C8H13NO3.C5H9NO/c1-3-23-15(21)19-10-8-17(9-11-19)12-20(16(22)24-17)14-6-4-13(18-2)5-7-14;17-14(18)11-1-3-12(4-2-11)20-10-16(24-15(20)23)5-7-19(8-6-16)9-13(21)22;1-3-22-15(20)19-10-8-16(21,9-11-19)12-18-14-6-4-13(17-2)5-7-14;1-3-18-10-8-16(9-11-18)12-19(15(20)21-16)14-6-4-13(17-2)5-7-14;1-15-11-2-4-12(5-3-11)17-10-14(19-13(17)18)6-8-16-9-7-14;1-2-12-8(11)10-5-3-9(4-6-10)7-13-9;1-2-12-8(11)9-5-3-7(10)4-6-9;7-5-1-3-6-4-2-5/h4-7H,3,8-12H2,1H3;1-4H,5-10H2,(H3,17,18)(H,21,22);4-7,18,21H,3,8-12H2,1H3;4-7H,3,8-12H2,1H3;2-5,16H,6-10H2;2-7H2,1H3;2-6H2,1H3;6H,1-4H2. The minimum absolute atomic E-state index is 0.0141. The van der Waals surface area contributed by atoms with E-state index in [4.69, 9.17) is 85.2 Å². The zero-order chi connectivity index (χ0) is 102. The molecular formula is C101H131N19O22. The number of ketones is 2. The summed E-state index contributed by atoms with van der Waals surface area (Å²) in [6.45, 7) is 54.4. The van der Waals surface area contributed by atoms with E-state index in [1.165, 1.54) is 0 Å². The highest BCUT2D eigenvalue weighted by molar-refractivity contribution is 5.97. The molecule has 13 aliphatic rings. The lowest BCUT2D eigenvalue weighted by atomic mass is 9.91. The molecule has 142 heavy (non-hydrogen) atoms. The average Bonchev–Trinajstić information content (AvgIpc) is 1.63. The number of nitrogens with zero attached hydrogens (tertiary/aromatic N) is 14.